The highest BCUT2D eigenvalue weighted by Crippen LogP contribution is 2.49. The number of halogens is 2. The average molecular weight is 384 g/mol. The fourth-order valence-electron chi connectivity index (χ4n) is 6.04. The molecule has 4 saturated heterocycles. The van der Waals surface area contributed by atoms with Gasteiger partial charge in [0.2, 0.25) is 0 Å². The Morgan fingerprint density at radius 2 is 1.40 bits per heavy atom. The molecular weight excluding hydrogens is 353 g/mol. The fraction of sp³-hybridized carbons (Fsp3) is 0.700. The van der Waals surface area contributed by atoms with Gasteiger partial charge in [-0.2, -0.15) is 0 Å². The van der Waals surface area contributed by atoms with E-state index in [0.29, 0.717) is 0 Å². The fourth-order valence-corrected chi connectivity index (χ4v) is 6.04. The molecule has 0 saturated carbocycles. The Bertz CT molecular complexity index is 553. The molecule has 1 aromatic carbocycles. The van der Waals surface area contributed by atoms with E-state index in [1.165, 1.54) is 63.1 Å². The first-order valence-electron chi connectivity index (χ1n) is 9.61. The van der Waals surface area contributed by atoms with E-state index in [9.17, 15) is 0 Å². The van der Waals surface area contributed by atoms with Crippen LogP contribution < -0.4 is 10.2 Å². The smallest absolute Gasteiger partial charge is 0.0366 e. The molecule has 2 bridgehead atoms. The van der Waals surface area contributed by atoms with Crippen molar-refractivity contribution < 1.29 is 0 Å². The second-order valence-corrected chi connectivity index (χ2v) is 8.20. The Morgan fingerprint density at radius 1 is 0.840 bits per heavy atom. The minimum Gasteiger partial charge on any atom is -0.371 e. The summed E-state index contributed by atoms with van der Waals surface area (Å²) >= 11 is 0. The highest BCUT2D eigenvalue weighted by atomic mass is 35.5. The number of fused-ring (bicyclic) bond motifs is 5. The summed E-state index contributed by atoms with van der Waals surface area (Å²) in [5.41, 5.74) is 2.77. The van der Waals surface area contributed by atoms with Gasteiger partial charge in [-0.3, -0.25) is 4.90 Å². The molecule has 0 aliphatic carbocycles. The van der Waals surface area contributed by atoms with E-state index in [1.807, 2.05) is 0 Å². The third kappa shape index (κ3) is 3.18. The van der Waals surface area contributed by atoms with Crippen molar-refractivity contribution in [2.75, 3.05) is 31.1 Å². The minimum atomic E-state index is 0. The van der Waals surface area contributed by atoms with E-state index < -0.39 is 0 Å². The van der Waals surface area contributed by atoms with Crippen molar-refractivity contribution >= 4 is 30.5 Å². The van der Waals surface area contributed by atoms with E-state index in [-0.39, 0.29) is 24.8 Å². The van der Waals surface area contributed by atoms with Crippen molar-refractivity contribution in [1.82, 2.24) is 10.2 Å². The SMILES string of the molecule is Cc1ccc(N2CCC(N3[C@@H]4CC[C@H]3[C@H]3CNC[C@H]34)CC2)cc1.Cl.Cl. The first-order valence-corrected chi connectivity index (χ1v) is 9.61. The van der Waals surface area contributed by atoms with Crippen molar-refractivity contribution in [1.29, 1.82) is 0 Å². The molecule has 4 fully saturated rings. The van der Waals surface area contributed by atoms with Crippen molar-refractivity contribution in [3.63, 3.8) is 0 Å². The summed E-state index contributed by atoms with van der Waals surface area (Å²) < 4.78 is 0. The van der Waals surface area contributed by atoms with Gasteiger partial charge in [0, 0.05) is 36.9 Å². The highest BCUT2D eigenvalue weighted by Gasteiger charge is 2.56. The molecule has 5 heteroatoms. The zero-order chi connectivity index (χ0) is 15.4. The second kappa shape index (κ2) is 7.64. The lowest BCUT2D eigenvalue weighted by molar-refractivity contribution is 0.134. The maximum Gasteiger partial charge on any atom is 0.0366 e. The molecule has 0 aromatic heterocycles. The molecule has 0 amide bonds. The van der Waals surface area contributed by atoms with Gasteiger partial charge >= 0.3 is 0 Å². The maximum absolute atomic E-state index is 3.65. The molecule has 3 nitrogen and oxygen atoms in total. The summed E-state index contributed by atoms with van der Waals surface area (Å²) in [5.74, 6) is 1.92. The summed E-state index contributed by atoms with van der Waals surface area (Å²) in [6.07, 6.45) is 5.64. The van der Waals surface area contributed by atoms with Crippen molar-refractivity contribution in [2.24, 2.45) is 11.8 Å². The molecular formula is C20H31Cl2N3. The van der Waals surface area contributed by atoms with Crippen LogP contribution in [0.5, 0.6) is 0 Å². The topological polar surface area (TPSA) is 18.5 Å². The molecule has 140 valence electrons. The van der Waals surface area contributed by atoms with Crippen molar-refractivity contribution in [3.8, 4) is 0 Å². The van der Waals surface area contributed by atoms with E-state index in [4.69, 9.17) is 0 Å². The van der Waals surface area contributed by atoms with E-state index in [1.54, 1.807) is 0 Å². The summed E-state index contributed by atoms with van der Waals surface area (Å²) in [6, 6.07) is 11.7. The lowest BCUT2D eigenvalue weighted by Crippen LogP contribution is -2.48. The quantitative estimate of drug-likeness (QED) is 0.842. The number of hydrogen-bond acceptors (Lipinski definition) is 3. The monoisotopic (exact) mass is 383 g/mol. The van der Waals surface area contributed by atoms with Crippen LogP contribution in [-0.4, -0.2) is 49.2 Å². The van der Waals surface area contributed by atoms with Crippen molar-refractivity contribution in [2.45, 2.75) is 50.7 Å². The predicted molar refractivity (Wildman–Crippen MR) is 109 cm³/mol. The Hall–Kier alpha value is -0.480. The van der Waals surface area contributed by atoms with Crippen LogP contribution in [0.15, 0.2) is 24.3 Å². The van der Waals surface area contributed by atoms with Gasteiger partial charge in [0.1, 0.15) is 0 Å². The normalized spacial score (nSPS) is 34.5. The third-order valence-electron chi connectivity index (χ3n) is 7.11. The van der Waals surface area contributed by atoms with Gasteiger partial charge < -0.3 is 10.2 Å². The zero-order valence-corrected chi connectivity index (χ0v) is 16.7. The van der Waals surface area contributed by atoms with Crippen molar-refractivity contribution in [3.05, 3.63) is 29.8 Å². The number of aryl methyl sites for hydroxylation is 1. The molecule has 4 aliphatic rings. The Balaban J connectivity index is 0.000000911. The highest BCUT2D eigenvalue weighted by molar-refractivity contribution is 5.85. The predicted octanol–water partition coefficient (Wildman–Crippen LogP) is 3.49. The molecule has 4 aliphatic heterocycles. The summed E-state index contributed by atoms with van der Waals surface area (Å²) in [6.45, 7) is 7.20. The van der Waals surface area contributed by atoms with Gasteiger partial charge in [0.25, 0.3) is 0 Å². The number of anilines is 1. The van der Waals surface area contributed by atoms with Crippen LogP contribution in [0.25, 0.3) is 0 Å². The van der Waals surface area contributed by atoms with Crippen LogP contribution in [0.1, 0.15) is 31.2 Å². The summed E-state index contributed by atoms with van der Waals surface area (Å²) in [5, 5.41) is 3.65. The summed E-state index contributed by atoms with van der Waals surface area (Å²) in [4.78, 5) is 5.58. The minimum absolute atomic E-state index is 0. The first-order chi connectivity index (χ1) is 11.3. The zero-order valence-electron chi connectivity index (χ0n) is 15.1. The Labute approximate surface area is 164 Å². The van der Waals surface area contributed by atoms with Gasteiger partial charge in [-0.25, -0.2) is 0 Å². The number of nitrogens with one attached hydrogen (secondary N) is 1. The molecule has 0 radical (unpaired) electrons. The third-order valence-corrected chi connectivity index (χ3v) is 7.11. The largest absolute Gasteiger partial charge is 0.371 e. The van der Waals surface area contributed by atoms with Crippen LogP contribution in [0, 0.1) is 18.8 Å². The molecule has 0 unspecified atom stereocenters. The van der Waals surface area contributed by atoms with Gasteiger partial charge in [-0.15, -0.1) is 24.8 Å². The van der Waals surface area contributed by atoms with E-state index in [0.717, 1.165) is 30.0 Å². The molecule has 4 heterocycles. The second-order valence-electron chi connectivity index (χ2n) is 8.20. The standard InChI is InChI=1S/C20H29N3.2ClH/c1-14-2-4-15(5-3-14)22-10-8-16(9-11-22)23-19-6-7-20(23)18-13-21-12-17(18)19;;/h2-5,16-21H,6-13H2,1H3;2*1H/t17-,18+,19-,20+;;. The summed E-state index contributed by atoms with van der Waals surface area (Å²) in [7, 11) is 0. The van der Waals surface area contributed by atoms with Crippen LogP contribution in [0.2, 0.25) is 0 Å². The molecule has 5 rings (SSSR count). The lowest BCUT2D eigenvalue weighted by atomic mass is 9.82. The van der Waals surface area contributed by atoms with Gasteiger partial charge in [0.15, 0.2) is 0 Å². The molecule has 1 aromatic rings. The molecule has 0 spiro atoms. The van der Waals surface area contributed by atoms with Crippen LogP contribution in [0.3, 0.4) is 0 Å². The molecule has 1 N–H and O–H groups in total. The number of nitrogens with zero attached hydrogens (tertiary/aromatic N) is 2. The Morgan fingerprint density at radius 3 is 1.96 bits per heavy atom. The average Bonchev–Trinajstić information content (AvgIpc) is 3.28. The first kappa shape index (κ1) is 19.3. The van der Waals surface area contributed by atoms with Gasteiger partial charge in [-0.1, -0.05) is 17.7 Å². The Kier molecular flexibility index (Phi) is 5.89. The van der Waals surface area contributed by atoms with Gasteiger partial charge in [-0.05, 0) is 69.7 Å². The molecule has 25 heavy (non-hydrogen) atoms. The van der Waals surface area contributed by atoms with Crippen LogP contribution in [-0.2, 0) is 0 Å². The van der Waals surface area contributed by atoms with Crippen LogP contribution in [0.4, 0.5) is 5.69 Å². The van der Waals surface area contributed by atoms with E-state index in [2.05, 4.69) is 46.3 Å². The molecule has 4 atom stereocenters. The number of hydrogen-bond donors (Lipinski definition) is 1. The van der Waals surface area contributed by atoms with Gasteiger partial charge in [0.05, 0.1) is 0 Å². The number of benzene rings is 1. The number of rotatable bonds is 2. The maximum atomic E-state index is 3.65. The lowest BCUT2D eigenvalue weighted by Gasteiger charge is -2.40. The van der Waals surface area contributed by atoms with E-state index >= 15 is 0 Å². The number of piperidine rings is 1. The van der Waals surface area contributed by atoms with Crippen LogP contribution >= 0.6 is 24.8 Å².